The molecule has 3 fully saturated rings. The van der Waals surface area contributed by atoms with Crippen LogP contribution >= 0.6 is 11.6 Å². The van der Waals surface area contributed by atoms with Crippen LogP contribution in [-0.4, -0.2) is 65.3 Å². The summed E-state index contributed by atoms with van der Waals surface area (Å²) in [6.07, 6.45) is 1.71. The van der Waals surface area contributed by atoms with Gasteiger partial charge in [0.2, 0.25) is 11.8 Å². The first-order valence-electron chi connectivity index (χ1n) is 11.2. The van der Waals surface area contributed by atoms with E-state index in [0.29, 0.717) is 42.9 Å². The summed E-state index contributed by atoms with van der Waals surface area (Å²) in [6.45, 7) is 4.07. The number of para-hydroxylation sites is 1. The third-order valence-corrected chi connectivity index (χ3v) is 7.20. The van der Waals surface area contributed by atoms with Crippen LogP contribution in [0, 0.1) is 18.8 Å². The van der Waals surface area contributed by atoms with Gasteiger partial charge < -0.3 is 24.8 Å². The van der Waals surface area contributed by atoms with Crippen molar-refractivity contribution in [3.63, 3.8) is 0 Å². The van der Waals surface area contributed by atoms with E-state index in [1.807, 2.05) is 13.0 Å². The average Bonchev–Trinajstić information content (AvgIpc) is 3.39. The topological polar surface area (TPSA) is 105 Å². The van der Waals surface area contributed by atoms with Crippen molar-refractivity contribution in [1.82, 2.24) is 4.90 Å². The van der Waals surface area contributed by atoms with Crippen molar-refractivity contribution in [3.8, 4) is 0 Å². The number of aliphatic hydroxyl groups excluding tert-OH is 1. The van der Waals surface area contributed by atoms with E-state index < -0.39 is 35.6 Å². The van der Waals surface area contributed by atoms with Crippen molar-refractivity contribution in [2.75, 3.05) is 25.1 Å². The van der Waals surface area contributed by atoms with Crippen LogP contribution in [0.3, 0.4) is 0 Å². The molecule has 1 aromatic rings. The molecule has 3 aliphatic heterocycles. The third-order valence-electron chi connectivity index (χ3n) is 6.88. The van der Waals surface area contributed by atoms with Gasteiger partial charge in [-0.15, -0.1) is 0 Å². The maximum Gasteiger partial charge on any atom is 0.312 e. The molecule has 0 radical (unpaired) electrons. The molecule has 2 N–H and O–H groups in total. The molecule has 2 amide bonds. The van der Waals surface area contributed by atoms with E-state index in [0.717, 1.165) is 5.56 Å². The number of benzene rings is 1. The Morgan fingerprint density at radius 3 is 2.84 bits per heavy atom. The van der Waals surface area contributed by atoms with Gasteiger partial charge in [0.25, 0.3) is 0 Å². The fourth-order valence-corrected chi connectivity index (χ4v) is 5.85. The van der Waals surface area contributed by atoms with Crippen LogP contribution in [0.2, 0.25) is 5.02 Å². The van der Waals surface area contributed by atoms with Crippen molar-refractivity contribution in [2.24, 2.45) is 11.8 Å². The fraction of sp³-hybridized carbons (Fsp3) is 0.609. The standard InChI is InChI=1S/C23H29ClN2O6/c1-3-31-22(30)16-15-9-10-23(32-15)17(16)21(29)26(11-4-5-12-27)19(23)20(28)25-18-13(2)7-6-8-14(18)24/h6-8,15-17,19,27H,3-5,9-12H2,1-2H3,(H,25,28)/t15-,16+,17-,19?,23?/m0/s1. The molecule has 174 valence electrons. The number of hydrogen-bond acceptors (Lipinski definition) is 6. The van der Waals surface area contributed by atoms with Crippen LogP contribution in [0.1, 0.15) is 38.2 Å². The number of rotatable bonds is 8. The summed E-state index contributed by atoms with van der Waals surface area (Å²) in [5.74, 6) is -2.56. The van der Waals surface area contributed by atoms with Gasteiger partial charge in [0.1, 0.15) is 11.6 Å². The molecular weight excluding hydrogens is 436 g/mol. The number of carbonyl (C=O) groups is 3. The van der Waals surface area contributed by atoms with Gasteiger partial charge in [-0.2, -0.15) is 0 Å². The first kappa shape index (κ1) is 23.0. The molecule has 8 nitrogen and oxygen atoms in total. The molecule has 9 heteroatoms. The first-order chi connectivity index (χ1) is 15.4. The van der Waals surface area contributed by atoms with Gasteiger partial charge in [-0.3, -0.25) is 14.4 Å². The number of carbonyl (C=O) groups excluding carboxylic acids is 3. The van der Waals surface area contributed by atoms with Crippen molar-refractivity contribution < 1.29 is 29.0 Å². The fourth-order valence-electron chi connectivity index (χ4n) is 5.58. The van der Waals surface area contributed by atoms with Crippen LogP contribution < -0.4 is 5.32 Å². The highest BCUT2D eigenvalue weighted by atomic mass is 35.5. The normalized spacial score (nSPS) is 30.5. The minimum absolute atomic E-state index is 0.00366. The lowest BCUT2D eigenvalue weighted by Crippen LogP contribution is -2.53. The second-order valence-corrected chi connectivity index (χ2v) is 9.10. The van der Waals surface area contributed by atoms with Gasteiger partial charge in [0.05, 0.1) is 35.3 Å². The van der Waals surface area contributed by atoms with E-state index in [2.05, 4.69) is 5.32 Å². The highest BCUT2D eigenvalue weighted by Crippen LogP contribution is 2.58. The molecule has 1 aromatic carbocycles. The molecule has 32 heavy (non-hydrogen) atoms. The second-order valence-electron chi connectivity index (χ2n) is 8.69. The number of unbranched alkanes of at least 4 members (excludes halogenated alkanes) is 1. The van der Waals surface area contributed by atoms with Crippen LogP contribution in [0.15, 0.2) is 18.2 Å². The van der Waals surface area contributed by atoms with Crippen molar-refractivity contribution >= 4 is 35.1 Å². The van der Waals surface area contributed by atoms with Crippen LogP contribution in [-0.2, 0) is 23.9 Å². The number of likely N-dealkylation sites (tertiary alicyclic amines) is 1. The molecular formula is C23H29ClN2O6. The average molecular weight is 465 g/mol. The number of fused-ring (bicyclic) bond motifs is 1. The largest absolute Gasteiger partial charge is 0.466 e. The molecule has 1 spiro atoms. The monoisotopic (exact) mass is 464 g/mol. The van der Waals surface area contributed by atoms with E-state index >= 15 is 0 Å². The zero-order chi connectivity index (χ0) is 23.0. The lowest BCUT2D eigenvalue weighted by molar-refractivity contribution is -0.154. The van der Waals surface area contributed by atoms with Crippen molar-refractivity contribution in [2.45, 2.75) is 57.3 Å². The lowest BCUT2D eigenvalue weighted by atomic mass is 9.70. The van der Waals surface area contributed by atoms with E-state index in [1.165, 1.54) is 4.90 Å². The smallest absolute Gasteiger partial charge is 0.312 e. The number of aliphatic hydroxyl groups is 1. The predicted octanol–water partition coefficient (Wildman–Crippen LogP) is 2.30. The summed E-state index contributed by atoms with van der Waals surface area (Å²) in [7, 11) is 0. The van der Waals surface area contributed by atoms with E-state index in [9.17, 15) is 19.5 Å². The Kier molecular flexibility index (Phi) is 6.47. The Hall–Kier alpha value is -2.16. The Balaban J connectivity index is 1.69. The molecule has 0 aliphatic carbocycles. The summed E-state index contributed by atoms with van der Waals surface area (Å²) >= 11 is 6.32. The molecule has 0 saturated carbocycles. The van der Waals surface area contributed by atoms with Crippen LogP contribution in [0.25, 0.3) is 0 Å². The highest BCUT2D eigenvalue weighted by Gasteiger charge is 2.74. The van der Waals surface area contributed by atoms with Crippen molar-refractivity contribution in [1.29, 1.82) is 0 Å². The van der Waals surface area contributed by atoms with Gasteiger partial charge in [0, 0.05) is 13.2 Å². The lowest BCUT2D eigenvalue weighted by Gasteiger charge is -2.33. The summed E-state index contributed by atoms with van der Waals surface area (Å²) in [4.78, 5) is 41.4. The predicted molar refractivity (Wildman–Crippen MR) is 117 cm³/mol. The van der Waals surface area contributed by atoms with Crippen molar-refractivity contribution in [3.05, 3.63) is 28.8 Å². The summed E-state index contributed by atoms with van der Waals surface area (Å²) in [6, 6.07) is 4.45. The second kappa shape index (κ2) is 9.00. The Bertz CT molecular complexity index is 903. The number of esters is 1. The number of nitrogens with zero attached hydrogens (tertiary/aromatic N) is 1. The molecule has 3 aliphatic rings. The molecule has 3 heterocycles. The SMILES string of the molecule is CCOC(=O)[C@@H]1[C@@H]2CCC3(O2)C(C(=O)Nc2c(C)cccc2Cl)N(CCCCO)C(=O)[C@H]13. The number of halogens is 1. The number of aryl methyl sites for hydroxylation is 1. The van der Waals surface area contributed by atoms with Gasteiger partial charge in [-0.05, 0) is 51.2 Å². The quantitative estimate of drug-likeness (QED) is 0.452. The summed E-state index contributed by atoms with van der Waals surface area (Å²) < 4.78 is 11.5. The van der Waals surface area contributed by atoms with E-state index in [-0.39, 0.29) is 25.0 Å². The minimum Gasteiger partial charge on any atom is -0.466 e. The number of nitrogens with one attached hydrogen (secondary N) is 1. The zero-order valence-electron chi connectivity index (χ0n) is 18.3. The molecule has 3 saturated heterocycles. The molecule has 2 unspecified atom stereocenters. The Labute approximate surface area is 192 Å². The first-order valence-corrected chi connectivity index (χ1v) is 11.5. The molecule has 2 bridgehead atoms. The summed E-state index contributed by atoms with van der Waals surface area (Å²) in [5, 5.41) is 12.5. The van der Waals surface area contributed by atoms with E-state index in [4.69, 9.17) is 21.1 Å². The van der Waals surface area contributed by atoms with Gasteiger partial charge in [-0.1, -0.05) is 23.7 Å². The van der Waals surface area contributed by atoms with Gasteiger partial charge in [-0.25, -0.2) is 0 Å². The summed E-state index contributed by atoms with van der Waals surface area (Å²) in [5.41, 5.74) is 0.228. The molecule has 0 aromatic heterocycles. The minimum atomic E-state index is -1.07. The Morgan fingerprint density at radius 2 is 2.16 bits per heavy atom. The number of hydrogen-bond donors (Lipinski definition) is 2. The number of amides is 2. The number of ether oxygens (including phenoxy) is 2. The maximum atomic E-state index is 13.6. The third kappa shape index (κ3) is 3.58. The van der Waals surface area contributed by atoms with Gasteiger partial charge >= 0.3 is 5.97 Å². The molecule has 4 rings (SSSR count). The highest BCUT2D eigenvalue weighted by molar-refractivity contribution is 6.34. The van der Waals surface area contributed by atoms with E-state index in [1.54, 1.807) is 19.1 Å². The van der Waals surface area contributed by atoms with Crippen LogP contribution in [0.4, 0.5) is 5.69 Å². The van der Waals surface area contributed by atoms with Crippen LogP contribution in [0.5, 0.6) is 0 Å². The molecule has 5 atom stereocenters. The zero-order valence-corrected chi connectivity index (χ0v) is 19.1. The Morgan fingerprint density at radius 1 is 1.38 bits per heavy atom. The maximum absolute atomic E-state index is 13.6. The number of anilines is 1. The van der Waals surface area contributed by atoms with Gasteiger partial charge in [0.15, 0.2) is 0 Å².